The molecule has 1 aromatic carbocycles. The zero-order valence-corrected chi connectivity index (χ0v) is 10.7. The number of carbonyl (C=O) groups excluding carboxylic acids is 2. The lowest BCUT2D eigenvalue weighted by atomic mass is 10.3. The minimum absolute atomic E-state index is 0.0453. The Balaban J connectivity index is 2.41. The van der Waals surface area contributed by atoms with Gasteiger partial charge in [0.1, 0.15) is 11.6 Å². The van der Waals surface area contributed by atoms with Crippen LogP contribution in [-0.2, 0) is 4.79 Å². The molecule has 5 nitrogen and oxygen atoms in total. The number of carbonyl (C=O) groups is 2. The summed E-state index contributed by atoms with van der Waals surface area (Å²) in [6.45, 7) is 3.24. The zero-order chi connectivity index (χ0) is 14.3. The molecule has 0 atom stereocenters. The number of halogens is 2. The van der Waals surface area contributed by atoms with Crippen LogP contribution in [-0.4, -0.2) is 25.1 Å². The van der Waals surface area contributed by atoms with Crippen molar-refractivity contribution in [1.29, 1.82) is 0 Å². The molecule has 0 aromatic heterocycles. The van der Waals surface area contributed by atoms with E-state index in [0.29, 0.717) is 0 Å². The number of urea groups is 1. The van der Waals surface area contributed by atoms with Crippen molar-refractivity contribution in [2.24, 2.45) is 0 Å². The summed E-state index contributed by atoms with van der Waals surface area (Å²) < 4.78 is 17.8. The van der Waals surface area contributed by atoms with Crippen LogP contribution in [0.1, 0.15) is 0 Å². The Morgan fingerprint density at radius 2 is 2.21 bits per heavy atom. The number of ether oxygens (including phenoxy) is 1. The standard InChI is InChI=1S/C12H12ClFN2O3/c1-2-5-15-12(18)16-11(17)7-19-10-4-3-8(14)6-9(10)13/h2-4,6H,1,5,7H2,(H2,15,16,17,18). The molecule has 0 unspecified atom stereocenters. The SMILES string of the molecule is C=CCNC(=O)NC(=O)COc1ccc(F)cc1Cl. The van der Waals surface area contributed by atoms with Crippen LogP contribution in [0.3, 0.4) is 0 Å². The van der Waals surface area contributed by atoms with E-state index in [1.165, 1.54) is 12.1 Å². The topological polar surface area (TPSA) is 67.4 Å². The van der Waals surface area contributed by atoms with Crippen molar-refractivity contribution < 1.29 is 18.7 Å². The lowest BCUT2D eigenvalue weighted by molar-refractivity contribution is -0.122. The molecule has 0 aliphatic heterocycles. The predicted octanol–water partition coefficient (Wildman–Crippen LogP) is 1.87. The molecule has 0 saturated carbocycles. The Hall–Kier alpha value is -2.08. The molecule has 3 amide bonds. The number of amides is 3. The fourth-order valence-corrected chi connectivity index (χ4v) is 1.33. The molecular formula is C12H12ClFN2O3. The van der Waals surface area contributed by atoms with E-state index in [4.69, 9.17) is 16.3 Å². The number of benzene rings is 1. The summed E-state index contributed by atoms with van der Waals surface area (Å²) in [5.74, 6) is -1.00. The first-order valence-corrected chi connectivity index (χ1v) is 5.67. The molecular weight excluding hydrogens is 275 g/mol. The van der Waals surface area contributed by atoms with Gasteiger partial charge in [-0.1, -0.05) is 17.7 Å². The molecule has 0 fully saturated rings. The number of nitrogens with one attached hydrogen (secondary N) is 2. The lowest BCUT2D eigenvalue weighted by Gasteiger charge is -2.08. The van der Waals surface area contributed by atoms with Gasteiger partial charge in [0.15, 0.2) is 6.61 Å². The van der Waals surface area contributed by atoms with Gasteiger partial charge in [0, 0.05) is 6.54 Å². The number of rotatable bonds is 5. The molecule has 19 heavy (non-hydrogen) atoms. The molecule has 2 N–H and O–H groups in total. The molecule has 0 aliphatic rings. The van der Waals surface area contributed by atoms with Crippen LogP contribution in [0.2, 0.25) is 5.02 Å². The minimum Gasteiger partial charge on any atom is -0.482 e. The van der Waals surface area contributed by atoms with Gasteiger partial charge in [-0.05, 0) is 18.2 Å². The lowest BCUT2D eigenvalue weighted by Crippen LogP contribution is -2.41. The van der Waals surface area contributed by atoms with Gasteiger partial charge in [0.05, 0.1) is 5.02 Å². The van der Waals surface area contributed by atoms with Crippen molar-refractivity contribution in [1.82, 2.24) is 10.6 Å². The van der Waals surface area contributed by atoms with Crippen molar-refractivity contribution in [2.75, 3.05) is 13.2 Å². The average molecular weight is 287 g/mol. The van der Waals surface area contributed by atoms with E-state index in [-0.39, 0.29) is 17.3 Å². The summed E-state index contributed by atoms with van der Waals surface area (Å²) in [7, 11) is 0. The maximum Gasteiger partial charge on any atom is 0.321 e. The normalized spacial score (nSPS) is 9.58. The third-order valence-corrected chi connectivity index (χ3v) is 2.21. The molecule has 0 saturated heterocycles. The van der Waals surface area contributed by atoms with Crippen LogP contribution < -0.4 is 15.4 Å². The Morgan fingerprint density at radius 1 is 1.47 bits per heavy atom. The van der Waals surface area contributed by atoms with E-state index in [2.05, 4.69) is 11.9 Å². The second-order valence-electron chi connectivity index (χ2n) is 3.41. The molecule has 0 bridgehead atoms. The van der Waals surface area contributed by atoms with Gasteiger partial charge < -0.3 is 10.1 Å². The number of imide groups is 1. The minimum atomic E-state index is -0.654. The summed E-state index contributed by atoms with van der Waals surface area (Å²) in [4.78, 5) is 22.4. The maximum atomic E-state index is 12.8. The first-order valence-electron chi connectivity index (χ1n) is 5.29. The molecule has 1 aromatic rings. The fourth-order valence-electron chi connectivity index (χ4n) is 1.11. The second kappa shape index (κ2) is 7.38. The van der Waals surface area contributed by atoms with Gasteiger partial charge >= 0.3 is 6.03 Å². The Bertz CT molecular complexity index is 494. The van der Waals surface area contributed by atoms with E-state index in [9.17, 15) is 14.0 Å². The van der Waals surface area contributed by atoms with E-state index in [1.807, 2.05) is 5.32 Å². The summed E-state index contributed by atoms with van der Waals surface area (Å²) in [5.41, 5.74) is 0. The molecule has 7 heteroatoms. The van der Waals surface area contributed by atoms with Crippen LogP contribution in [0.5, 0.6) is 5.75 Å². The van der Waals surface area contributed by atoms with E-state index in [1.54, 1.807) is 0 Å². The average Bonchev–Trinajstić information content (AvgIpc) is 2.35. The Labute approximate surface area is 114 Å². The van der Waals surface area contributed by atoms with Gasteiger partial charge in [-0.15, -0.1) is 6.58 Å². The monoisotopic (exact) mass is 286 g/mol. The Morgan fingerprint density at radius 3 is 2.84 bits per heavy atom. The van der Waals surface area contributed by atoms with Crippen LogP contribution in [0, 0.1) is 5.82 Å². The van der Waals surface area contributed by atoms with Gasteiger partial charge in [-0.25, -0.2) is 9.18 Å². The largest absolute Gasteiger partial charge is 0.482 e. The van der Waals surface area contributed by atoms with Gasteiger partial charge in [-0.3, -0.25) is 10.1 Å². The first-order chi connectivity index (χ1) is 9.02. The molecule has 0 aliphatic carbocycles. The van der Waals surface area contributed by atoms with Crippen LogP contribution in [0.15, 0.2) is 30.9 Å². The quantitative estimate of drug-likeness (QED) is 0.812. The van der Waals surface area contributed by atoms with Crippen LogP contribution >= 0.6 is 11.6 Å². The molecule has 0 radical (unpaired) electrons. The van der Waals surface area contributed by atoms with Crippen molar-refractivity contribution in [3.05, 3.63) is 41.7 Å². The van der Waals surface area contributed by atoms with Gasteiger partial charge in [0.2, 0.25) is 0 Å². The predicted molar refractivity (Wildman–Crippen MR) is 68.6 cm³/mol. The molecule has 1 rings (SSSR count). The van der Waals surface area contributed by atoms with Crippen molar-refractivity contribution in [3.63, 3.8) is 0 Å². The highest BCUT2D eigenvalue weighted by atomic mass is 35.5. The summed E-state index contributed by atoms with van der Waals surface area (Å²) >= 11 is 5.70. The highest BCUT2D eigenvalue weighted by molar-refractivity contribution is 6.32. The Kier molecular flexibility index (Phi) is 5.81. The second-order valence-corrected chi connectivity index (χ2v) is 3.82. The van der Waals surface area contributed by atoms with Gasteiger partial charge in [0.25, 0.3) is 5.91 Å². The molecule has 102 valence electrons. The summed E-state index contributed by atoms with van der Waals surface area (Å²) in [5, 5.41) is 4.44. The van der Waals surface area contributed by atoms with Crippen LogP contribution in [0.25, 0.3) is 0 Å². The maximum absolute atomic E-state index is 12.8. The first kappa shape index (κ1) is 15.0. The smallest absolute Gasteiger partial charge is 0.321 e. The zero-order valence-electron chi connectivity index (χ0n) is 9.91. The highest BCUT2D eigenvalue weighted by Gasteiger charge is 2.09. The summed E-state index contributed by atoms with van der Waals surface area (Å²) in [6, 6.07) is 2.85. The fraction of sp³-hybridized carbons (Fsp3) is 0.167. The third-order valence-electron chi connectivity index (χ3n) is 1.91. The van der Waals surface area contributed by atoms with Gasteiger partial charge in [-0.2, -0.15) is 0 Å². The van der Waals surface area contributed by atoms with E-state index >= 15 is 0 Å². The summed E-state index contributed by atoms with van der Waals surface area (Å²) in [6.07, 6.45) is 1.47. The van der Waals surface area contributed by atoms with Crippen molar-refractivity contribution in [3.8, 4) is 5.75 Å². The number of hydrogen-bond donors (Lipinski definition) is 2. The third kappa shape index (κ3) is 5.39. The molecule has 0 heterocycles. The van der Waals surface area contributed by atoms with Crippen molar-refractivity contribution >= 4 is 23.5 Å². The van der Waals surface area contributed by atoms with E-state index < -0.39 is 24.4 Å². The van der Waals surface area contributed by atoms with E-state index in [0.717, 1.165) is 12.1 Å². The van der Waals surface area contributed by atoms with Crippen molar-refractivity contribution in [2.45, 2.75) is 0 Å². The van der Waals surface area contributed by atoms with Crippen LogP contribution in [0.4, 0.5) is 9.18 Å². The molecule has 0 spiro atoms. The highest BCUT2D eigenvalue weighted by Crippen LogP contribution is 2.24. The number of hydrogen-bond acceptors (Lipinski definition) is 3.